The minimum absolute atomic E-state index is 0. The monoisotopic (exact) mass is 803 g/mol. The summed E-state index contributed by atoms with van der Waals surface area (Å²) in [4.78, 5) is 36.2. The number of alkyl halides is 5. The number of halogens is 6. The zero-order valence-electron chi connectivity index (χ0n) is 28.6. The van der Waals surface area contributed by atoms with E-state index in [-0.39, 0.29) is 34.3 Å². The highest BCUT2D eigenvalue weighted by Gasteiger charge is 2.31. The van der Waals surface area contributed by atoms with E-state index in [1.165, 1.54) is 30.3 Å². The highest BCUT2D eigenvalue weighted by Crippen LogP contribution is 2.29. The van der Waals surface area contributed by atoms with Crippen molar-refractivity contribution in [3.05, 3.63) is 108 Å². The zero-order chi connectivity index (χ0) is 37.0. The average molecular weight is 805 g/mol. The number of anilines is 1. The average Bonchev–Trinajstić information content (AvgIpc) is 3.46. The zero-order valence-corrected chi connectivity index (χ0v) is 30.3. The molecule has 2 amide bonds. The Bertz CT molecular complexity index is 2020. The van der Waals surface area contributed by atoms with E-state index in [1.807, 2.05) is 46.8 Å². The third-order valence-electron chi connectivity index (χ3n) is 8.57. The van der Waals surface area contributed by atoms with E-state index in [9.17, 15) is 31.5 Å². The fourth-order valence-corrected chi connectivity index (χ4v) is 5.82. The van der Waals surface area contributed by atoms with Gasteiger partial charge in [0.25, 0.3) is 18.2 Å². The van der Waals surface area contributed by atoms with E-state index in [4.69, 9.17) is 9.47 Å². The number of aromatic nitrogens is 2. The largest absolute Gasteiger partial charge is 0.573 e. The van der Waals surface area contributed by atoms with Crippen molar-refractivity contribution in [2.75, 3.05) is 44.7 Å². The van der Waals surface area contributed by atoms with Crippen LogP contribution >= 0.6 is 17.0 Å². The molecule has 0 aliphatic carbocycles. The van der Waals surface area contributed by atoms with Crippen LogP contribution in [0, 0.1) is 0 Å². The van der Waals surface area contributed by atoms with Crippen LogP contribution in [0.5, 0.6) is 23.1 Å². The van der Waals surface area contributed by atoms with Gasteiger partial charge in [0.05, 0.1) is 17.4 Å². The van der Waals surface area contributed by atoms with Crippen molar-refractivity contribution in [1.29, 1.82) is 0 Å². The molecule has 280 valence electrons. The van der Waals surface area contributed by atoms with Gasteiger partial charge in [-0.05, 0) is 66.2 Å². The van der Waals surface area contributed by atoms with Crippen molar-refractivity contribution in [3.63, 3.8) is 0 Å². The van der Waals surface area contributed by atoms with Gasteiger partial charge < -0.3 is 28.6 Å². The maximum Gasteiger partial charge on any atom is 0.573 e. The Kier molecular flexibility index (Phi) is 12.2. The number of carbonyl (C=O) groups is 2. The molecule has 6 rings (SSSR count). The summed E-state index contributed by atoms with van der Waals surface area (Å²) in [6, 6.07) is 22.2. The van der Waals surface area contributed by atoms with Crippen LogP contribution in [0.15, 0.2) is 91.1 Å². The van der Waals surface area contributed by atoms with Gasteiger partial charge in [0.15, 0.2) is 0 Å². The van der Waals surface area contributed by atoms with Crippen LogP contribution in [-0.2, 0) is 13.6 Å². The normalized spacial score (nSPS) is 13.5. The van der Waals surface area contributed by atoms with Crippen molar-refractivity contribution in [2.45, 2.75) is 19.3 Å². The molecular formula is C37H35BrF5N5O5. The van der Waals surface area contributed by atoms with Gasteiger partial charge in [0.1, 0.15) is 29.5 Å². The molecule has 0 radical (unpaired) electrons. The SMILES string of the molecule is Br.CN(C(=O)c1ccc(OC(F)(F)F)cc1)c1ccc(Oc2ccc3cc(C(=O)N4CCN(Cc5ccc(OCC(F)F)cc5)CC4)n(C)c3c2)nc1. The number of pyridine rings is 1. The number of amides is 2. The third-order valence-corrected chi connectivity index (χ3v) is 8.57. The number of hydrogen-bond donors (Lipinski definition) is 0. The van der Waals surface area contributed by atoms with E-state index in [0.29, 0.717) is 55.6 Å². The quantitative estimate of drug-likeness (QED) is 0.126. The van der Waals surface area contributed by atoms with E-state index in [0.717, 1.165) is 28.6 Å². The molecular weight excluding hydrogens is 769 g/mol. The molecule has 1 saturated heterocycles. The number of ether oxygens (including phenoxy) is 3. The van der Waals surface area contributed by atoms with Gasteiger partial charge in [0, 0.05) is 69.9 Å². The molecule has 10 nitrogen and oxygen atoms in total. The molecule has 0 spiro atoms. The van der Waals surface area contributed by atoms with Crippen LogP contribution in [-0.4, -0.2) is 83.8 Å². The molecule has 3 heterocycles. The number of carbonyl (C=O) groups excluding carboxylic acids is 2. The van der Waals surface area contributed by atoms with Crippen LogP contribution in [0.25, 0.3) is 10.9 Å². The molecule has 1 aliphatic heterocycles. The van der Waals surface area contributed by atoms with Crippen molar-refractivity contribution >= 4 is 45.4 Å². The first-order chi connectivity index (χ1) is 24.8. The maximum absolute atomic E-state index is 13.6. The van der Waals surface area contributed by atoms with Crippen molar-refractivity contribution in [1.82, 2.24) is 19.4 Å². The second-order valence-electron chi connectivity index (χ2n) is 12.1. The Balaban J connectivity index is 0.00000541. The number of benzene rings is 3. The van der Waals surface area contributed by atoms with Crippen LogP contribution in [0.2, 0.25) is 0 Å². The molecule has 53 heavy (non-hydrogen) atoms. The summed E-state index contributed by atoms with van der Waals surface area (Å²) < 4.78 is 78.8. The summed E-state index contributed by atoms with van der Waals surface area (Å²) in [5, 5.41) is 0.860. The van der Waals surface area contributed by atoms with Gasteiger partial charge in [-0.2, -0.15) is 0 Å². The molecule has 0 N–H and O–H groups in total. The standard InChI is InChI=1S/C37H34F5N5O5.BrH/c1-44(35(48)25-5-11-29(12-6-25)52-37(40,41)42)27-8-14-34(43-21-27)51-30-13-7-26-19-32(45(2)31(26)20-30)36(49)47-17-15-46(16-18-47)22-24-3-9-28(10-4-24)50-23-33(38)39;/h3-14,19-21,33H,15-18,22-23H2,1-2H3;1H. The van der Waals surface area contributed by atoms with Gasteiger partial charge in [-0.1, -0.05) is 12.1 Å². The lowest BCUT2D eigenvalue weighted by Crippen LogP contribution is -2.48. The minimum Gasteiger partial charge on any atom is -0.488 e. The van der Waals surface area contributed by atoms with Gasteiger partial charge in [0.2, 0.25) is 5.88 Å². The van der Waals surface area contributed by atoms with E-state index < -0.39 is 31.1 Å². The van der Waals surface area contributed by atoms with Gasteiger partial charge in [-0.3, -0.25) is 14.5 Å². The van der Waals surface area contributed by atoms with E-state index in [2.05, 4.69) is 14.6 Å². The summed E-state index contributed by atoms with van der Waals surface area (Å²) in [5.41, 5.74) is 2.95. The van der Waals surface area contributed by atoms with Crippen LogP contribution < -0.4 is 19.1 Å². The molecule has 5 aromatic rings. The number of fused-ring (bicyclic) bond motifs is 1. The third kappa shape index (κ3) is 9.81. The van der Waals surface area contributed by atoms with Crippen molar-refractivity contribution in [2.24, 2.45) is 7.05 Å². The van der Waals surface area contributed by atoms with Gasteiger partial charge >= 0.3 is 6.36 Å². The summed E-state index contributed by atoms with van der Waals surface area (Å²) in [6.45, 7) is 2.49. The highest BCUT2D eigenvalue weighted by atomic mass is 79.9. The lowest BCUT2D eigenvalue weighted by Gasteiger charge is -2.34. The summed E-state index contributed by atoms with van der Waals surface area (Å²) >= 11 is 0. The Hall–Kier alpha value is -5.22. The van der Waals surface area contributed by atoms with Crippen molar-refractivity contribution < 1.29 is 45.8 Å². The number of aryl methyl sites for hydroxylation is 1. The Morgan fingerprint density at radius 3 is 2.15 bits per heavy atom. The van der Waals surface area contributed by atoms with Crippen LogP contribution in [0.4, 0.5) is 27.6 Å². The number of rotatable bonds is 11. The topological polar surface area (TPSA) is 89.4 Å². The second-order valence-corrected chi connectivity index (χ2v) is 12.1. The van der Waals surface area contributed by atoms with Gasteiger partial charge in [-0.15, -0.1) is 30.2 Å². The number of nitrogens with zero attached hydrogens (tertiary/aromatic N) is 5. The Labute approximate surface area is 312 Å². The molecule has 2 aromatic heterocycles. The van der Waals surface area contributed by atoms with Crippen molar-refractivity contribution in [3.8, 4) is 23.1 Å². The van der Waals surface area contributed by atoms with Crippen LogP contribution in [0.1, 0.15) is 26.4 Å². The van der Waals surface area contributed by atoms with E-state index >= 15 is 0 Å². The maximum atomic E-state index is 13.6. The van der Waals surface area contributed by atoms with Gasteiger partial charge in [-0.25, -0.2) is 13.8 Å². The molecule has 0 atom stereocenters. The number of piperazine rings is 1. The first-order valence-electron chi connectivity index (χ1n) is 16.2. The number of hydrogen-bond acceptors (Lipinski definition) is 7. The summed E-state index contributed by atoms with van der Waals surface area (Å²) in [6.07, 6.45) is -5.91. The summed E-state index contributed by atoms with van der Waals surface area (Å²) in [5.74, 6) is 0.179. The predicted octanol–water partition coefficient (Wildman–Crippen LogP) is 7.72. The molecule has 0 bridgehead atoms. The predicted molar refractivity (Wildman–Crippen MR) is 193 cm³/mol. The van der Waals surface area contributed by atoms with Crippen LogP contribution in [0.3, 0.4) is 0 Å². The lowest BCUT2D eigenvalue weighted by molar-refractivity contribution is -0.274. The molecule has 3 aromatic carbocycles. The lowest BCUT2D eigenvalue weighted by atomic mass is 10.2. The smallest absolute Gasteiger partial charge is 0.488 e. The fourth-order valence-electron chi connectivity index (χ4n) is 5.82. The fraction of sp³-hybridized carbons (Fsp3) is 0.270. The Morgan fingerprint density at radius 1 is 0.868 bits per heavy atom. The molecule has 0 saturated carbocycles. The Morgan fingerprint density at radius 2 is 1.53 bits per heavy atom. The summed E-state index contributed by atoms with van der Waals surface area (Å²) in [7, 11) is 3.34. The molecule has 1 fully saturated rings. The van der Waals surface area contributed by atoms with E-state index in [1.54, 1.807) is 30.3 Å². The minimum atomic E-state index is -4.83. The first kappa shape index (κ1) is 39.0. The first-order valence-corrected chi connectivity index (χ1v) is 16.2. The highest BCUT2D eigenvalue weighted by molar-refractivity contribution is 8.93. The molecule has 1 aliphatic rings. The molecule has 0 unspecified atom stereocenters. The second kappa shape index (κ2) is 16.6. The molecule has 16 heteroatoms.